The van der Waals surface area contributed by atoms with Gasteiger partial charge in [0.25, 0.3) is 0 Å². The van der Waals surface area contributed by atoms with Gasteiger partial charge in [-0.15, -0.1) is 0 Å². The first-order chi connectivity index (χ1) is 9.91. The van der Waals surface area contributed by atoms with E-state index >= 15 is 0 Å². The van der Waals surface area contributed by atoms with Crippen molar-refractivity contribution in [3.63, 3.8) is 0 Å². The maximum Gasteiger partial charge on any atom is 0.341 e. The van der Waals surface area contributed by atoms with E-state index in [0.29, 0.717) is 13.0 Å². The molecule has 2 rings (SSSR count). The number of carboxylic acid groups (broad SMARTS) is 1. The Kier molecular flexibility index (Phi) is 5.08. The summed E-state index contributed by atoms with van der Waals surface area (Å²) in [6, 6.07) is 4.14. The summed E-state index contributed by atoms with van der Waals surface area (Å²) >= 11 is 5.87. The smallest absolute Gasteiger partial charge is 0.341 e. The fraction of sp³-hybridized carbons (Fsp3) is 0.462. The van der Waals surface area contributed by atoms with Crippen molar-refractivity contribution in [3.05, 3.63) is 23.2 Å². The topological polar surface area (TPSA) is 92.7 Å². The fourth-order valence-corrected chi connectivity index (χ4v) is 4.26. The number of aliphatic carboxylic acids is 1. The van der Waals surface area contributed by atoms with Crippen molar-refractivity contribution >= 4 is 27.4 Å². The van der Waals surface area contributed by atoms with E-state index in [2.05, 4.69) is 5.32 Å². The lowest BCUT2D eigenvalue weighted by atomic mass is 10.2. The quantitative estimate of drug-likeness (QED) is 0.851. The molecule has 0 bridgehead atoms. The second-order valence-electron chi connectivity index (χ2n) is 4.76. The summed E-state index contributed by atoms with van der Waals surface area (Å²) in [4.78, 5) is 10.5. The van der Waals surface area contributed by atoms with E-state index in [9.17, 15) is 13.2 Å². The first-order valence-electron chi connectivity index (χ1n) is 6.52. The van der Waals surface area contributed by atoms with Crippen LogP contribution in [0.4, 0.5) is 0 Å². The Morgan fingerprint density at radius 2 is 2.19 bits per heavy atom. The highest BCUT2D eigenvalue weighted by molar-refractivity contribution is 7.92. The van der Waals surface area contributed by atoms with Crippen LogP contribution in [0.5, 0.6) is 5.75 Å². The Bertz CT molecular complexity index is 625. The largest absolute Gasteiger partial charge is 0.481 e. The lowest BCUT2D eigenvalue weighted by molar-refractivity contribution is -0.139. The van der Waals surface area contributed by atoms with Gasteiger partial charge in [0.1, 0.15) is 16.0 Å². The molecule has 21 heavy (non-hydrogen) atoms. The maximum absolute atomic E-state index is 12.7. The van der Waals surface area contributed by atoms with E-state index < -0.39 is 27.8 Å². The average molecular weight is 334 g/mol. The van der Waals surface area contributed by atoms with Crippen LogP contribution in [-0.2, 0) is 14.6 Å². The molecule has 1 aromatic rings. The van der Waals surface area contributed by atoms with Crippen LogP contribution >= 0.6 is 11.6 Å². The second kappa shape index (κ2) is 6.64. The minimum Gasteiger partial charge on any atom is -0.481 e. The first-order valence-corrected chi connectivity index (χ1v) is 8.45. The van der Waals surface area contributed by atoms with E-state index in [1.807, 2.05) is 0 Å². The molecule has 8 heteroatoms. The molecule has 1 unspecified atom stereocenters. The molecular formula is C13H16ClNO5S. The van der Waals surface area contributed by atoms with E-state index in [4.69, 9.17) is 21.4 Å². The van der Waals surface area contributed by atoms with Crippen LogP contribution in [0.1, 0.15) is 19.3 Å². The van der Waals surface area contributed by atoms with Gasteiger partial charge in [0.2, 0.25) is 0 Å². The van der Waals surface area contributed by atoms with Crippen LogP contribution in [-0.4, -0.2) is 38.0 Å². The first kappa shape index (κ1) is 16.1. The van der Waals surface area contributed by atoms with E-state index in [-0.39, 0.29) is 15.7 Å². The molecule has 0 aliphatic carbocycles. The third-order valence-corrected chi connectivity index (χ3v) is 5.52. The van der Waals surface area contributed by atoms with Crippen molar-refractivity contribution in [2.75, 3.05) is 13.2 Å². The average Bonchev–Trinajstić information content (AvgIpc) is 2.46. The highest BCUT2D eigenvalue weighted by atomic mass is 35.5. The molecule has 0 amide bonds. The number of rotatable bonds is 5. The van der Waals surface area contributed by atoms with E-state index in [1.54, 1.807) is 0 Å². The van der Waals surface area contributed by atoms with Crippen LogP contribution in [0.3, 0.4) is 0 Å². The van der Waals surface area contributed by atoms with Gasteiger partial charge in [-0.1, -0.05) is 11.6 Å². The predicted molar refractivity (Wildman–Crippen MR) is 77.4 cm³/mol. The SMILES string of the molecule is O=C(O)COc1ccc(Cl)cc1S(=O)(=O)C1CCCCN1. The number of nitrogens with one attached hydrogen (secondary N) is 1. The van der Waals surface area contributed by atoms with Crippen molar-refractivity contribution < 1.29 is 23.1 Å². The van der Waals surface area contributed by atoms with Gasteiger partial charge in [0.15, 0.2) is 16.4 Å². The molecule has 1 heterocycles. The summed E-state index contributed by atoms with van der Waals surface area (Å²) < 4.78 is 30.4. The standard InChI is InChI=1S/C13H16ClNO5S/c14-9-4-5-10(20-8-13(16)17)11(7-9)21(18,19)12-3-1-2-6-15-12/h4-5,7,12,15H,1-3,6,8H2,(H,16,17). The summed E-state index contributed by atoms with van der Waals surface area (Å²) in [5.41, 5.74) is 0. The number of ether oxygens (including phenoxy) is 1. The molecule has 1 aromatic carbocycles. The molecule has 1 aliphatic heterocycles. The van der Waals surface area contributed by atoms with Gasteiger partial charge >= 0.3 is 5.97 Å². The Labute approximate surface area is 128 Å². The van der Waals surface area contributed by atoms with Crippen LogP contribution in [0.2, 0.25) is 5.02 Å². The van der Waals surface area contributed by atoms with Crippen LogP contribution < -0.4 is 10.1 Å². The fourth-order valence-electron chi connectivity index (χ4n) is 2.20. The third-order valence-electron chi connectivity index (χ3n) is 3.20. The lowest BCUT2D eigenvalue weighted by Crippen LogP contribution is -2.40. The van der Waals surface area contributed by atoms with Crippen LogP contribution in [0.15, 0.2) is 23.1 Å². The molecule has 1 saturated heterocycles. The molecule has 0 spiro atoms. The number of piperidine rings is 1. The molecule has 0 aromatic heterocycles. The molecule has 2 N–H and O–H groups in total. The number of carboxylic acids is 1. The van der Waals surface area contributed by atoms with E-state index in [1.165, 1.54) is 18.2 Å². The highest BCUT2D eigenvalue weighted by Crippen LogP contribution is 2.31. The predicted octanol–water partition coefficient (Wildman–Crippen LogP) is 1.68. The number of carbonyl (C=O) groups is 1. The molecule has 1 aliphatic rings. The zero-order valence-electron chi connectivity index (χ0n) is 11.2. The van der Waals surface area contributed by atoms with Gasteiger partial charge in [0, 0.05) is 5.02 Å². The summed E-state index contributed by atoms with van der Waals surface area (Å²) in [7, 11) is -3.68. The summed E-state index contributed by atoms with van der Waals surface area (Å²) in [6.07, 6.45) is 2.26. The molecule has 1 atom stereocenters. The van der Waals surface area contributed by atoms with Crippen LogP contribution in [0.25, 0.3) is 0 Å². The van der Waals surface area contributed by atoms with Gasteiger partial charge in [0.05, 0.1) is 0 Å². The van der Waals surface area contributed by atoms with E-state index in [0.717, 1.165) is 12.8 Å². The minimum absolute atomic E-state index is 0.00849. The Morgan fingerprint density at radius 3 is 2.81 bits per heavy atom. The molecule has 1 fully saturated rings. The zero-order chi connectivity index (χ0) is 15.5. The minimum atomic E-state index is -3.68. The second-order valence-corrected chi connectivity index (χ2v) is 7.29. The number of benzene rings is 1. The number of halogens is 1. The third kappa shape index (κ3) is 3.87. The molecule has 6 nitrogen and oxygen atoms in total. The number of sulfone groups is 1. The molecule has 0 radical (unpaired) electrons. The van der Waals surface area contributed by atoms with Gasteiger partial charge < -0.3 is 15.2 Å². The normalized spacial score (nSPS) is 19.2. The highest BCUT2D eigenvalue weighted by Gasteiger charge is 2.31. The Hall–Kier alpha value is -1.31. The summed E-state index contributed by atoms with van der Waals surface area (Å²) in [6.45, 7) is 0.0258. The number of hydrogen-bond donors (Lipinski definition) is 2. The van der Waals surface area contributed by atoms with Crippen molar-refractivity contribution in [3.8, 4) is 5.75 Å². The van der Waals surface area contributed by atoms with Crippen molar-refractivity contribution in [1.29, 1.82) is 0 Å². The summed E-state index contributed by atoms with van der Waals surface area (Å²) in [5, 5.41) is 11.2. The molecule has 0 saturated carbocycles. The van der Waals surface area contributed by atoms with Gasteiger partial charge in [-0.05, 0) is 44.0 Å². The van der Waals surface area contributed by atoms with Crippen molar-refractivity contribution in [1.82, 2.24) is 5.32 Å². The van der Waals surface area contributed by atoms with Crippen molar-refractivity contribution in [2.24, 2.45) is 0 Å². The zero-order valence-corrected chi connectivity index (χ0v) is 12.8. The monoisotopic (exact) mass is 333 g/mol. The summed E-state index contributed by atoms with van der Waals surface area (Å²) in [5.74, 6) is -1.17. The molecular weight excluding hydrogens is 318 g/mol. The van der Waals surface area contributed by atoms with Gasteiger partial charge in [-0.25, -0.2) is 13.2 Å². The Morgan fingerprint density at radius 1 is 1.43 bits per heavy atom. The van der Waals surface area contributed by atoms with Crippen molar-refractivity contribution in [2.45, 2.75) is 29.5 Å². The lowest BCUT2D eigenvalue weighted by Gasteiger charge is -2.24. The van der Waals surface area contributed by atoms with Gasteiger partial charge in [-0.3, -0.25) is 0 Å². The number of hydrogen-bond acceptors (Lipinski definition) is 5. The Balaban J connectivity index is 2.35. The van der Waals surface area contributed by atoms with Crippen LogP contribution in [0, 0.1) is 0 Å². The molecule has 116 valence electrons. The van der Waals surface area contributed by atoms with Gasteiger partial charge in [-0.2, -0.15) is 0 Å². The maximum atomic E-state index is 12.7.